The molecule has 0 saturated heterocycles. The van der Waals surface area contributed by atoms with Crippen molar-refractivity contribution < 1.29 is 42.4 Å². The van der Waals surface area contributed by atoms with E-state index >= 15 is 0 Å². The van der Waals surface area contributed by atoms with Crippen LogP contribution in [-0.4, -0.2) is 46.1 Å². The lowest BCUT2D eigenvalue weighted by atomic mass is 9.99. The number of pyridine rings is 1. The maximum absolute atomic E-state index is 14.8. The topological polar surface area (TPSA) is 116 Å². The van der Waals surface area contributed by atoms with E-state index in [9.17, 15) is 23.5 Å². The third kappa shape index (κ3) is 10.5. The van der Waals surface area contributed by atoms with E-state index in [1.165, 1.54) is 0 Å². The Kier molecular flexibility index (Phi) is 11.3. The van der Waals surface area contributed by atoms with E-state index < -0.39 is 52.8 Å². The van der Waals surface area contributed by atoms with Crippen LogP contribution in [0.2, 0.25) is 0 Å². The third-order valence-electron chi connectivity index (χ3n) is 5.84. The Hall–Kier alpha value is -4.25. The van der Waals surface area contributed by atoms with Crippen LogP contribution in [0, 0.1) is 11.6 Å². The van der Waals surface area contributed by atoms with Crippen molar-refractivity contribution in [1.29, 1.82) is 0 Å². The van der Waals surface area contributed by atoms with Crippen molar-refractivity contribution in [3.05, 3.63) is 71.3 Å². The lowest BCUT2D eigenvalue weighted by Gasteiger charge is -2.23. The standard InChI is InChI=1S/C33H40F2N2O7/c1-8-27(30(39)43-32(2,3)4)42-29-26(35)18-25(34)28(37-29)41-24-16-20(12-13-38)14-23(17-24)22-11-9-10-21(15-22)19-36-31(40)44-33(5,6)7/h9-11,14-18,27,38H,8,12-13,19H2,1-7H3,(H,36,40)/t27-/m1/s1. The Morgan fingerprint density at radius 2 is 1.55 bits per heavy atom. The molecule has 0 saturated carbocycles. The molecule has 3 aromatic rings. The van der Waals surface area contributed by atoms with Crippen LogP contribution in [0.4, 0.5) is 13.6 Å². The van der Waals surface area contributed by atoms with Crippen molar-refractivity contribution in [2.24, 2.45) is 0 Å². The molecule has 0 unspecified atom stereocenters. The minimum Gasteiger partial charge on any atom is -0.460 e. The van der Waals surface area contributed by atoms with Gasteiger partial charge in [0.05, 0.1) is 0 Å². The number of esters is 1. The fourth-order valence-electron chi connectivity index (χ4n) is 4.01. The molecule has 2 N–H and O–H groups in total. The van der Waals surface area contributed by atoms with Gasteiger partial charge in [0.15, 0.2) is 17.7 Å². The Bertz CT molecular complexity index is 1470. The maximum atomic E-state index is 14.8. The molecule has 0 fully saturated rings. The fraction of sp³-hybridized carbons (Fsp3) is 0.424. The molecule has 0 aliphatic heterocycles. The fourth-order valence-corrected chi connectivity index (χ4v) is 4.01. The van der Waals surface area contributed by atoms with Crippen molar-refractivity contribution in [1.82, 2.24) is 10.3 Å². The first-order valence-electron chi connectivity index (χ1n) is 14.3. The lowest BCUT2D eigenvalue weighted by Crippen LogP contribution is -2.35. The molecule has 0 aliphatic carbocycles. The highest BCUT2D eigenvalue weighted by Crippen LogP contribution is 2.32. The predicted molar refractivity (Wildman–Crippen MR) is 161 cm³/mol. The van der Waals surface area contributed by atoms with Gasteiger partial charge in [-0.05, 0) is 94.8 Å². The number of alkyl carbamates (subject to hydrolysis) is 1. The first-order chi connectivity index (χ1) is 20.6. The number of nitrogens with one attached hydrogen (secondary N) is 1. The number of aromatic nitrogens is 1. The zero-order chi connectivity index (χ0) is 32.7. The molecule has 2 aromatic carbocycles. The summed E-state index contributed by atoms with van der Waals surface area (Å²) in [6, 6.07) is 13.0. The number of ether oxygens (including phenoxy) is 4. The van der Waals surface area contributed by atoms with Gasteiger partial charge in [0, 0.05) is 19.2 Å². The van der Waals surface area contributed by atoms with Crippen LogP contribution in [-0.2, 0) is 27.2 Å². The van der Waals surface area contributed by atoms with Gasteiger partial charge in [-0.25, -0.2) is 18.4 Å². The summed E-state index contributed by atoms with van der Waals surface area (Å²) in [5, 5.41) is 12.3. The minimum atomic E-state index is -1.17. The molecule has 0 spiro atoms. The van der Waals surface area contributed by atoms with E-state index in [1.54, 1.807) is 60.6 Å². The molecule has 0 bridgehead atoms. The van der Waals surface area contributed by atoms with Crippen molar-refractivity contribution in [3.8, 4) is 28.6 Å². The summed E-state index contributed by atoms with van der Waals surface area (Å²) in [5.74, 6) is -3.91. The van der Waals surface area contributed by atoms with Gasteiger partial charge < -0.3 is 29.4 Å². The van der Waals surface area contributed by atoms with Crippen LogP contribution in [0.15, 0.2) is 48.5 Å². The van der Waals surface area contributed by atoms with E-state index in [1.807, 2.05) is 30.3 Å². The average Bonchev–Trinajstić information content (AvgIpc) is 2.91. The quantitative estimate of drug-likeness (QED) is 0.225. The molecular formula is C33H40F2N2O7. The van der Waals surface area contributed by atoms with Gasteiger partial charge in [0.2, 0.25) is 0 Å². The Labute approximate surface area is 256 Å². The van der Waals surface area contributed by atoms with Gasteiger partial charge >= 0.3 is 12.1 Å². The van der Waals surface area contributed by atoms with E-state index in [-0.39, 0.29) is 31.7 Å². The summed E-state index contributed by atoms with van der Waals surface area (Å²) in [6.45, 7) is 12.1. The monoisotopic (exact) mass is 614 g/mol. The van der Waals surface area contributed by atoms with Crippen LogP contribution in [0.5, 0.6) is 17.5 Å². The molecule has 11 heteroatoms. The van der Waals surface area contributed by atoms with Crippen molar-refractivity contribution in [2.45, 2.75) is 85.2 Å². The number of rotatable bonds is 11. The van der Waals surface area contributed by atoms with E-state index in [0.717, 1.165) is 11.1 Å². The summed E-state index contributed by atoms with van der Waals surface area (Å²) in [4.78, 5) is 28.5. The van der Waals surface area contributed by atoms with E-state index in [2.05, 4.69) is 10.3 Å². The van der Waals surface area contributed by atoms with Crippen molar-refractivity contribution >= 4 is 12.1 Å². The zero-order valence-corrected chi connectivity index (χ0v) is 26.1. The van der Waals surface area contributed by atoms with Gasteiger partial charge in [-0.2, -0.15) is 4.98 Å². The second-order valence-electron chi connectivity index (χ2n) is 12.1. The Morgan fingerprint density at radius 3 is 2.18 bits per heavy atom. The Morgan fingerprint density at radius 1 is 0.886 bits per heavy atom. The van der Waals surface area contributed by atoms with Crippen LogP contribution in [0.3, 0.4) is 0 Å². The number of nitrogens with zero attached hydrogens (tertiary/aromatic N) is 1. The van der Waals surface area contributed by atoms with Gasteiger partial charge in [0.25, 0.3) is 11.8 Å². The number of carbonyl (C=O) groups is 2. The highest BCUT2D eigenvalue weighted by Gasteiger charge is 2.28. The van der Waals surface area contributed by atoms with Crippen LogP contribution >= 0.6 is 0 Å². The number of amides is 1. The number of halogens is 2. The highest BCUT2D eigenvalue weighted by molar-refractivity contribution is 5.75. The molecule has 1 amide bonds. The SMILES string of the molecule is CC[C@@H](Oc1nc(Oc2cc(CCO)cc(-c3cccc(CNC(=O)OC(C)(C)C)c3)c2)c(F)cc1F)C(=O)OC(C)(C)C. The Balaban J connectivity index is 1.88. The molecule has 3 rings (SSSR count). The molecule has 1 atom stereocenters. The molecule has 1 heterocycles. The van der Waals surface area contributed by atoms with Crippen LogP contribution < -0.4 is 14.8 Å². The molecular weight excluding hydrogens is 574 g/mol. The largest absolute Gasteiger partial charge is 0.460 e. The van der Waals surface area contributed by atoms with Crippen LogP contribution in [0.25, 0.3) is 11.1 Å². The van der Waals surface area contributed by atoms with Gasteiger partial charge in [-0.15, -0.1) is 0 Å². The molecule has 238 valence electrons. The van der Waals surface area contributed by atoms with E-state index in [0.29, 0.717) is 17.2 Å². The first kappa shape index (κ1) is 34.2. The molecule has 0 aliphatic rings. The van der Waals surface area contributed by atoms with Crippen molar-refractivity contribution in [3.63, 3.8) is 0 Å². The van der Waals surface area contributed by atoms with E-state index in [4.69, 9.17) is 18.9 Å². The molecule has 1 aromatic heterocycles. The second kappa shape index (κ2) is 14.5. The maximum Gasteiger partial charge on any atom is 0.407 e. The van der Waals surface area contributed by atoms with Crippen molar-refractivity contribution in [2.75, 3.05) is 6.61 Å². The number of hydrogen-bond donors (Lipinski definition) is 2. The minimum absolute atomic E-state index is 0.146. The number of benzene rings is 2. The summed E-state index contributed by atoms with van der Waals surface area (Å²) >= 11 is 0. The predicted octanol–water partition coefficient (Wildman–Crippen LogP) is 6.88. The summed E-state index contributed by atoms with van der Waals surface area (Å²) in [5.41, 5.74) is 1.51. The smallest absolute Gasteiger partial charge is 0.407 e. The first-order valence-corrected chi connectivity index (χ1v) is 14.3. The molecule has 0 radical (unpaired) electrons. The van der Waals surface area contributed by atoms with Gasteiger partial charge in [0.1, 0.15) is 17.0 Å². The number of carbonyl (C=O) groups excluding carboxylic acids is 2. The second-order valence-corrected chi connectivity index (χ2v) is 12.1. The third-order valence-corrected chi connectivity index (χ3v) is 5.84. The summed E-state index contributed by atoms with van der Waals surface area (Å²) < 4.78 is 51.4. The van der Waals surface area contributed by atoms with Gasteiger partial charge in [-0.1, -0.05) is 31.2 Å². The summed E-state index contributed by atoms with van der Waals surface area (Å²) in [6.07, 6.45) is -1.28. The lowest BCUT2D eigenvalue weighted by molar-refractivity contribution is -0.163. The molecule has 9 nitrogen and oxygen atoms in total. The normalized spacial score (nSPS) is 12.3. The van der Waals surface area contributed by atoms with Crippen LogP contribution in [0.1, 0.15) is 66.0 Å². The van der Waals surface area contributed by atoms with Gasteiger partial charge in [-0.3, -0.25) is 0 Å². The highest BCUT2D eigenvalue weighted by atomic mass is 19.1. The number of hydrogen-bond acceptors (Lipinski definition) is 8. The zero-order valence-electron chi connectivity index (χ0n) is 26.1. The number of aliphatic hydroxyl groups is 1. The molecule has 44 heavy (non-hydrogen) atoms. The average molecular weight is 615 g/mol. The number of aliphatic hydroxyl groups excluding tert-OH is 1. The summed E-state index contributed by atoms with van der Waals surface area (Å²) in [7, 11) is 0.